The van der Waals surface area contributed by atoms with Crippen LogP contribution in [0, 0.1) is 0 Å². The largest absolute Gasteiger partial charge is 0.490 e. The molecule has 13 nitrogen and oxygen atoms in total. The fraction of sp³-hybridized carbons (Fsp3) is 0.842. The van der Waals surface area contributed by atoms with Crippen molar-refractivity contribution >= 4 is 5.97 Å². The van der Waals surface area contributed by atoms with Gasteiger partial charge in [0.2, 0.25) is 17.7 Å². The molecule has 13 heteroatoms. The minimum atomic E-state index is -2.12. The van der Waals surface area contributed by atoms with Crippen LogP contribution < -0.4 is 0 Å². The van der Waals surface area contributed by atoms with E-state index in [1.54, 1.807) is 0 Å². The molecular formula is C19H32O13. The Bertz CT molecular complexity index is 653. The lowest BCUT2D eigenvalue weighted by atomic mass is 9.88. The topological polar surface area (TPSA) is 216 Å². The predicted molar refractivity (Wildman–Crippen MR) is 102 cm³/mol. The molecule has 2 rings (SSSR count). The summed E-state index contributed by atoms with van der Waals surface area (Å²) in [5.41, 5.74) is -2.12. The average Bonchev–Trinajstić information content (AvgIpc) is 3.04. The second-order valence-corrected chi connectivity index (χ2v) is 7.69. The Kier molecular flexibility index (Phi) is 9.63. The third-order valence-electron chi connectivity index (χ3n) is 5.34. The van der Waals surface area contributed by atoms with Gasteiger partial charge >= 0.3 is 5.97 Å². The van der Waals surface area contributed by atoms with E-state index in [-0.39, 0.29) is 6.61 Å². The lowest BCUT2D eigenvalue weighted by molar-refractivity contribution is -0.291. The van der Waals surface area contributed by atoms with Crippen molar-refractivity contribution < 1.29 is 64.6 Å². The van der Waals surface area contributed by atoms with E-state index in [1.807, 2.05) is 6.92 Å². The Morgan fingerprint density at radius 1 is 1.06 bits per heavy atom. The molecule has 8 atom stereocenters. The highest BCUT2D eigenvalue weighted by Crippen LogP contribution is 2.42. The van der Waals surface area contributed by atoms with Gasteiger partial charge in [0.15, 0.2) is 5.76 Å². The number of rotatable bonds is 12. The molecule has 0 radical (unpaired) electrons. The van der Waals surface area contributed by atoms with Crippen LogP contribution in [0.4, 0.5) is 0 Å². The van der Waals surface area contributed by atoms with Crippen LogP contribution in [0.15, 0.2) is 11.5 Å². The standard InChI is InChI=1S/C19H32O13/c1-2-3-4-29-16-15(31-18-14(27)13(26)12(25)10(7-21)30-18)17(28)32-19(16,11(24)8-22)5-9(23)6-20/h9-14,18,20-27H,2-8H2,1H3/t9?,10-,11+,12-,13+,14-,18?,19-/m1/s1. The summed E-state index contributed by atoms with van der Waals surface area (Å²) in [5.74, 6) is -2.25. The molecule has 0 saturated carbocycles. The number of unbranched alkanes of at least 4 members (excludes halogenated alkanes) is 1. The number of carbonyl (C=O) groups excluding carboxylic acids is 1. The molecule has 0 aromatic heterocycles. The molecule has 186 valence electrons. The highest BCUT2D eigenvalue weighted by atomic mass is 16.7. The molecule has 2 heterocycles. The maximum absolute atomic E-state index is 12.7. The van der Waals surface area contributed by atoms with Gasteiger partial charge < -0.3 is 59.8 Å². The zero-order valence-electron chi connectivity index (χ0n) is 17.6. The first kappa shape index (κ1) is 26.7. The summed E-state index contributed by atoms with van der Waals surface area (Å²) in [4.78, 5) is 12.7. The number of aliphatic hydroxyl groups is 8. The third-order valence-corrected chi connectivity index (χ3v) is 5.34. The summed E-state index contributed by atoms with van der Waals surface area (Å²) >= 11 is 0. The van der Waals surface area contributed by atoms with Crippen molar-refractivity contribution in [3.8, 4) is 0 Å². The number of cyclic esters (lactones) is 1. The highest BCUT2D eigenvalue weighted by molar-refractivity contribution is 5.90. The summed E-state index contributed by atoms with van der Waals surface area (Å²) in [6.45, 7) is -0.490. The van der Waals surface area contributed by atoms with Gasteiger partial charge in [-0.2, -0.15) is 0 Å². The first-order valence-corrected chi connectivity index (χ1v) is 10.3. The number of aliphatic hydroxyl groups excluding tert-OH is 8. The van der Waals surface area contributed by atoms with Gasteiger partial charge in [-0.25, -0.2) is 4.79 Å². The monoisotopic (exact) mass is 468 g/mol. The number of esters is 1. The molecule has 8 N–H and O–H groups in total. The van der Waals surface area contributed by atoms with Crippen molar-refractivity contribution in [3.05, 3.63) is 11.5 Å². The molecular weight excluding hydrogens is 436 g/mol. The van der Waals surface area contributed by atoms with Crippen molar-refractivity contribution in [2.24, 2.45) is 0 Å². The molecule has 0 aromatic carbocycles. The van der Waals surface area contributed by atoms with Gasteiger partial charge in [0.05, 0.1) is 32.5 Å². The third kappa shape index (κ3) is 5.32. The van der Waals surface area contributed by atoms with Crippen LogP contribution in [0.2, 0.25) is 0 Å². The normalized spacial score (nSPS) is 34.9. The first-order chi connectivity index (χ1) is 15.2. The number of carbonyl (C=O) groups is 1. The zero-order chi connectivity index (χ0) is 24.1. The van der Waals surface area contributed by atoms with Crippen LogP contribution in [-0.4, -0.2) is 122 Å². The maximum atomic E-state index is 12.7. The van der Waals surface area contributed by atoms with Crippen molar-refractivity contribution in [2.45, 2.75) is 74.7 Å². The summed E-state index contributed by atoms with van der Waals surface area (Å²) < 4.78 is 21.6. The van der Waals surface area contributed by atoms with Gasteiger partial charge in [-0.05, 0) is 6.42 Å². The molecule has 1 saturated heterocycles. The Labute approximate surface area is 184 Å². The highest BCUT2D eigenvalue weighted by Gasteiger charge is 2.58. The molecule has 0 amide bonds. The zero-order valence-corrected chi connectivity index (χ0v) is 17.6. The van der Waals surface area contributed by atoms with E-state index in [4.69, 9.17) is 18.9 Å². The Morgan fingerprint density at radius 2 is 1.75 bits per heavy atom. The lowest BCUT2D eigenvalue weighted by Crippen LogP contribution is -2.59. The Balaban J connectivity index is 2.46. The Hall–Kier alpha value is -1.55. The molecule has 0 spiro atoms. The van der Waals surface area contributed by atoms with Gasteiger partial charge in [0, 0.05) is 6.42 Å². The molecule has 1 fully saturated rings. The molecule has 2 aliphatic rings. The SMILES string of the molecule is CCCCOC1=C(OC2O[C@H](CO)[C@@H](O)[C@H](O)[C@H]2O)C(=O)O[C@]1(CC(O)CO)[C@@H](O)CO. The van der Waals surface area contributed by atoms with Gasteiger partial charge in [-0.15, -0.1) is 0 Å². The summed E-state index contributed by atoms with van der Waals surface area (Å²) in [5, 5.41) is 78.6. The van der Waals surface area contributed by atoms with Crippen LogP contribution in [0.1, 0.15) is 26.2 Å². The predicted octanol–water partition coefficient (Wildman–Crippen LogP) is -3.78. The number of hydrogen-bond acceptors (Lipinski definition) is 13. The first-order valence-electron chi connectivity index (χ1n) is 10.3. The molecule has 2 aliphatic heterocycles. The van der Waals surface area contributed by atoms with E-state index in [0.29, 0.717) is 12.8 Å². The fourth-order valence-corrected chi connectivity index (χ4v) is 3.48. The van der Waals surface area contributed by atoms with Crippen LogP contribution >= 0.6 is 0 Å². The van der Waals surface area contributed by atoms with Crippen LogP contribution in [-0.2, 0) is 23.7 Å². The van der Waals surface area contributed by atoms with Crippen molar-refractivity contribution in [2.75, 3.05) is 26.4 Å². The van der Waals surface area contributed by atoms with Crippen LogP contribution in [0.25, 0.3) is 0 Å². The van der Waals surface area contributed by atoms with E-state index >= 15 is 0 Å². The lowest BCUT2D eigenvalue weighted by Gasteiger charge is -2.39. The average molecular weight is 468 g/mol. The summed E-state index contributed by atoms with van der Waals surface area (Å²) in [6.07, 6.45) is -10.9. The minimum Gasteiger partial charge on any atom is -0.490 e. The summed E-state index contributed by atoms with van der Waals surface area (Å²) in [7, 11) is 0. The van der Waals surface area contributed by atoms with Crippen molar-refractivity contribution in [1.82, 2.24) is 0 Å². The molecule has 2 unspecified atom stereocenters. The van der Waals surface area contributed by atoms with E-state index < -0.39 is 92.2 Å². The van der Waals surface area contributed by atoms with Gasteiger partial charge in [-0.1, -0.05) is 13.3 Å². The quantitative estimate of drug-likeness (QED) is 0.102. The Morgan fingerprint density at radius 3 is 2.31 bits per heavy atom. The molecule has 32 heavy (non-hydrogen) atoms. The van der Waals surface area contributed by atoms with Crippen molar-refractivity contribution in [1.29, 1.82) is 0 Å². The number of ether oxygens (including phenoxy) is 4. The minimum absolute atomic E-state index is 0.0269. The fourth-order valence-electron chi connectivity index (χ4n) is 3.48. The second-order valence-electron chi connectivity index (χ2n) is 7.69. The number of hydrogen-bond donors (Lipinski definition) is 8. The van der Waals surface area contributed by atoms with Gasteiger partial charge in [0.1, 0.15) is 30.5 Å². The van der Waals surface area contributed by atoms with Gasteiger partial charge in [0.25, 0.3) is 0 Å². The maximum Gasteiger partial charge on any atom is 0.378 e. The van der Waals surface area contributed by atoms with E-state index in [0.717, 1.165) is 0 Å². The smallest absolute Gasteiger partial charge is 0.378 e. The van der Waals surface area contributed by atoms with Crippen LogP contribution in [0.3, 0.4) is 0 Å². The van der Waals surface area contributed by atoms with E-state index in [1.165, 1.54) is 0 Å². The van der Waals surface area contributed by atoms with Crippen LogP contribution in [0.5, 0.6) is 0 Å². The van der Waals surface area contributed by atoms with Crippen molar-refractivity contribution in [3.63, 3.8) is 0 Å². The molecule has 0 aliphatic carbocycles. The summed E-state index contributed by atoms with van der Waals surface area (Å²) in [6, 6.07) is 0. The molecule has 0 aromatic rings. The van der Waals surface area contributed by atoms with E-state index in [9.17, 15) is 45.6 Å². The molecule has 0 bridgehead atoms. The second kappa shape index (κ2) is 11.5. The van der Waals surface area contributed by atoms with Gasteiger partial charge in [-0.3, -0.25) is 0 Å². The van der Waals surface area contributed by atoms with E-state index in [2.05, 4.69) is 0 Å².